The first-order chi connectivity index (χ1) is 8.84. The number of hydrogen-bond acceptors (Lipinski definition) is 1. The van der Waals surface area contributed by atoms with Gasteiger partial charge in [-0.2, -0.15) is 0 Å². The molecular formula is C16H22N2. The van der Waals surface area contributed by atoms with Crippen LogP contribution in [0.4, 0.5) is 0 Å². The quantitative estimate of drug-likeness (QED) is 0.800. The number of likely N-dealkylation sites (tertiary alicyclic amines) is 1. The van der Waals surface area contributed by atoms with Gasteiger partial charge in [-0.25, -0.2) is 0 Å². The molecule has 1 aromatic heterocycles. The molecule has 0 radical (unpaired) electrons. The van der Waals surface area contributed by atoms with Crippen molar-refractivity contribution in [1.29, 1.82) is 0 Å². The molecule has 3 rings (SSSR count). The second kappa shape index (κ2) is 5.15. The number of nitrogens with zero attached hydrogens (tertiary/aromatic N) is 2. The molecule has 2 heterocycles. The molecule has 0 amide bonds. The van der Waals surface area contributed by atoms with Crippen molar-refractivity contribution in [2.24, 2.45) is 0 Å². The van der Waals surface area contributed by atoms with Gasteiger partial charge in [-0.3, -0.25) is 0 Å². The Labute approximate surface area is 109 Å². The Bertz CT molecular complexity index is 521. The molecule has 1 saturated heterocycles. The Morgan fingerprint density at radius 2 is 1.83 bits per heavy atom. The van der Waals surface area contributed by atoms with Gasteiger partial charge >= 0.3 is 0 Å². The van der Waals surface area contributed by atoms with E-state index in [4.69, 9.17) is 0 Å². The molecule has 0 aliphatic carbocycles. The Kier molecular flexibility index (Phi) is 3.37. The maximum absolute atomic E-state index is 2.60. The number of rotatable bonds is 3. The van der Waals surface area contributed by atoms with E-state index < -0.39 is 0 Å². The highest BCUT2D eigenvalue weighted by molar-refractivity contribution is 5.83. The summed E-state index contributed by atoms with van der Waals surface area (Å²) in [7, 11) is 0. The summed E-state index contributed by atoms with van der Waals surface area (Å²) < 4.78 is 2.40. The molecule has 2 heteroatoms. The monoisotopic (exact) mass is 242 g/mol. The van der Waals surface area contributed by atoms with Gasteiger partial charge in [0.25, 0.3) is 0 Å². The third kappa shape index (κ3) is 2.30. The van der Waals surface area contributed by atoms with Gasteiger partial charge in [0.2, 0.25) is 0 Å². The SMILES string of the molecule is Cc1cccc2c1ccn2CCN1CCCCC1. The summed E-state index contributed by atoms with van der Waals surface area (Å²) in [6, 6.07) is 8.84. The number of aromatic nitrogens is 1. The van der Waals surface area contributed by atoms with Gasteiger partial charge in [-0.1, -0.05) is 18.6 Å². The van der Waals surface area contributed by atoms with Gasteiger partial charge in [-0.05, 0) is 50.6 Å². The summed E-state index contributed by atoms with van der Waals surface area (Å²) in [5, 5.41) is 1.40. The number of hydrogen-bond donors (Lipinski definition) is 0. The molecule has 96 valence electrons. The summed E-state index contributed by atoms with van der Waals surface area (Å²) in [5.74, 6) is 0. The Morgan fingerprint density at radius 1 is 1.00 bits per heavy atom. The molecule has 1 fully saturated rings. The van der Waals surface area contributed by atoms with Gasteiger partial charge in [0, 0.05) is 30.2 Å². The molecule has 1 aliphatic rings. The van der Waals surface area contributed by atoms with Crippen molar-refractivity contribution in [3.8, 4) is 0 Å². The predicted molar refractivity (Wildman–Crippen MR) is 77.0 cm³/mol. The molecule has 0 N–H and O–H groups in total. The summed E-state index contributed by atoms with van der Waals surface area (Å²) in [5.41, 5.74) is 2.76. The highest BCUT2D eigenvalue weighted by atomic mass is 15.1. The number of benzene rings is 1. The van der Waals surface area contributed by atoms with Crippen LogP contribution in [0.25, 0.3) is 10.9 Å². The van der Waals surface area contributed by atoms with Gasteiger partial charge in [0.15, 0.2) is 0 Å². The van der Waals surface area contributed by atoms with Gasteiger partial charge in [-0.15, -0.1) is 0 Å². The van der Waals surface area contributed by atoms with Crippen LogP contribution in [0.3, 0.4) is 0 Å². The summed E-state index contributed by atoms with van der Waals surface area (Å²) >= 11 is 0. The van der Waals surface area contributed by atoms with E-state index in [0.29, 0.717) is 0 Å². The van der Waals surface area contributed by atoms with Crippen LogP contribution in [-0.4, -0.2) is 29.1 Å². The van der Waals surface area contributed by atoms with E-state index in [1.807, 2.05) is 0 Å². The van der Waals surface area contributed by atoms with Crippen LogP contribution in [0, 0.1) is 6.92 Å². The molecule has 18 heavy (non-hydrogen) atoms. The molecule has 0 saturated carbocycles. The Hall–Kier alpha value is -1.28. The van der Waals surface area contributed by atoms with E-state index in [1.165, 1.54) is 55.4 Å². The fraction of sp³-hybridized carbons (Fsp3) is 0.500. The number of fused-ring (bicyclic) bond motifs is 1. The van der Waals surface area contributed by atoms with E-state index >= 15 is 0 Å². The van der Waals surface area contributed by atoms with E-state index in [0.717, 1.165) is 6.54 Å². The molecular weight excluding hydrogens is 220 g/mol. The Morgan fingerprint density at radius 3 is 2.67 bits per heavy atom. The first-order valence-electron chi connectivity index (χ1n) is 7.11. The first-order valence-corrected chi connectivity index (χ1v) is 7.11. The van der Waals surface area contributed by atoms with Crippen LogP contribution in [0.1, 0.15) is 24.8 Å². The van der Waals surface area contributed by atoms with Crippen LogP contribution < -0.4 is 0 Å². The minimum atomic E-state index is 1.12. The van der Waals surface area contributed by atoms with Crippen LogP contribution in [0.5, 0.6) is 0 Å². The summed E-state index contributed by atoms with van der Waals surface area (Å²) in [6.45, 7) is 7.08. The highest BCUT2D eigenvalue weighted by Crippen LogP contribution is 2.19. The van der Waals surface area contributed by atoms with E-state index in [9.17, 15) is 0 Å². The summed E-state index contributed by atoms with van der Waals surface area (Å²) in [6.07, 6.45) is 6.42. The van der Waals surface area contributed by atoms with Crippen molar-refractivity contribution in [2.45, 2.75) is 32.7 Å². The van der Waals surface area contributed by atoms with Crippen molar-refractivity contribution >= 4 is 10.9 Å². The molecule has 1 aromatic carbocycles. The second-order valence-electron chi connectivity index (χ2n) is 5.42. The molecule has 0 bridgehead atoms. The predicted octanol–water partition coefficient (Wildman–Crippen LogP) is 3.44. The normalized spacial score (nSPS) is 17.4. The zero-order valence-corrected chi connectivity index (χ0v) is 11.2. The van der Waals surface area contributed by atoms with E-state index in [1.54, 1.807) is 0 Å². The first kappa shape index (κ1) is 11.8. The van der Waals surface area contributed by atoms with Crippen LogP contribution in [0.2, 0.25) is 0 Å². The van der Waals surface area contributed by atoms with E-state index in [2.05, 4.69) is 46.9 Å². The van der Waals surface area contributed by atoms with Crippen LogP contribution >= 0.6 is 0 Å². The molecule has 2 nitrogen and oxygen atoms in total. The average molecular weight is 242 g/mol. The van der Waals surface area contributed by atoms with E-state index in [-0.39, 0.29) is 0 Å². The second-order valence-corrected chi connectivity index (χ2v) is 5.42. The molecule has 1 aliphatic heterocycles. The molecule has 0 atom stereocenters. The van der Waals surface area contributed by atoms with Crippen LogP contribution in [-0.2, 0) is 6.54 Å². The minimum Gasteiger partial charge on any atom is -0.346 e. The molecule has 0 spiro atoms. The van der Waals surface area contributed by atoms with Crippen LogP contribution in [0.15, 0.2) is 30.5 Å². The fourth-order valence-electron chi connectivity index (χ4n) is 3.00. The molecule has 0 unspecified atom stereocenters. The maximum Gasteiger partial charge on any atom is 0.0483 e. The third-order valence-electron chi connectivity index (χ3n) is 4.14. The smallest absolute Gasteiger partial charge is 0.0483 e. The molecule has 2 aromatic rings. The van der Waals surface area contributed by atoms with Crippen molar-refractivity contribution in [3.63, 3.8) is 0 Å². The largest absolute Gasteiger partial charge is 0.346 e. The van der Waals surface area contributed by atoms with Crippen molar-refractivity contribution in [1.82, 2.24) is 9.47 Å². The lowest BCUT2D eigenvalue weighted by Crippen LogP contribution is -2.32. The minimum absolute atomic E-state index is 1.12. The van der Waals surface area contributed by atoms with Gasteiger partial charge in [0.1, 0.15) is 0 Å². The highest BCUT2D eigenvalue weighted by Gasteiger charge is 2.10. The fourth-order valence-corrected chi connectivity index (χ4v) is 3.00. The lowest BCUT2D eigenvalue weighted by Gasteiger charge is -2.26. The standard InChI is InChI=1S/C16H22N2/c1-14-6-5-7-16-15(14)8-11-18(16)13-12-17-9-3-2-4-10-17/h5-8,11H,2-4,9-10,12-13H2,1H3. The number of aryl methyl sites for hydroxylation is 1. The maximum atomic E-state index is 2.60. The zero-order valence-electron chi connectivity index (χ0n) is 11.2. The van der Waals surface area contributed by atoms with Gasteiger partial charge < -0.3 is 9.47 Å². The lowest BCUT2D eigenvalue weighted by molar-refractivity contribution is 0.221. The van der Waals surface area contributed by atoms with Crippen molar-refractivity contribution in [2.75, 3.05) is 19.6 Å². The zero-order chi connectivity index (χ0) is 12.4. The van der Waals surface area contributed by atoms with Gasteiger partial charge in [0.05, 0.1) is 0 Å². The summed E-state index contributed by atoms with van der Waals surface area (Å²) in [4.78, 5) is 2.60. The Balaban J connectivity index is 1.72. The van der Waals surface area contributed by atoms with Crippen molar-refractivity contribution in [3.05, 3.63) is 36.0 Å². The van der Waals surface area contributed by atoms with Crippen molar-refractivity contribution < 1.29 is 0 Å². The topological polar surface area (TPSA) is 8.17 Å². The average Bonchev–Trinajstić information content (AvgIpc) is 2.82. The lowest BCUT2D eigenvalue weighted by atomic mass is 10.1. The number of piperidine rings is 1. The third-order valence-corrected chi connectivity index (χ3v) is 4.14.